The van der Waals surface area contributed by atoms with Crippen LogP contribution >= 0.6 is 0 Å². The highest BCUT2D eigenvalue weighted by Crippen LogP contribution is 2.18. The summed E-state index contributed by atoms with van der Waals surface area (Å²) in [5.41, 5.74) is 2.24. The number of nitrogens with one attached hydrogen (secondary N) is 2. The molecule has 0 aliphatic heterocycles. The Morgan fingerprint density at radius 2 is 1.55 bits per heavy atom. The Morgan fingerprint density at radius 1 is 0.871 bits per heavy atom. The minimum Gasteiger partial charge on any atom is -0.451 e. The summed E-state index contributed by atoms with van der Waals surface area (Å²) in [4.78, 5) is 36.7. The number of ether oxygens (including phenoxy) is 1. The van der Waals surface area contributed by atoms with Crippen molar-refractivity contribution in [2.45, 2.75) is 32.8 Å². The van der Waals surface area contributed by atoms with Gasteiger partial charge in [-0.25, -0.2) is 0 Å². The molecule has 0 heterocycles. The van der Waals surface area contributed by atoms with Gasteiger partial charge in [-0.3, -0.25) is 14.4 Å². The average molecular weight is 418 g/mol. The fourth-order valence-electron chi connectivity index (χ4n) is 3.07. The fraction of sp³-hybridized carbons (Fsp3) is 0.240. The van der Waals surface area contributed by atoms with Crippen molar-refractivity contribution in [2.24, 2.45) is 0 Å². The standard InChI is InChI=1S/C25H26N2O4/c1-16(2)18-10-12-22(13-11-18)27-24(29)17(3)31-23(28)15-26-25(30)21-9-8-19-6-4-5-7-20(19)14-21/h4-14,16-17H,15H2,1-3H3,(H,26,30)(H,27,29)/t17-/m1/s1. The predicted molar refractivity (Wildman–Crippen MR) is 121 cm³/mol. The van der Waals surface area contributed by atoms with Gasteiger partial charge in [0.2, 0.25) is 0 Å². The molecular formula is C25H26N2O4. The molecule has 0 radical (unpaired) electrons. The van der Waals surface area contributed by atoms with Crippen molar-refractivity contribution in [1.82, 2.24) is 5.32 Å². The zero-order valence-electron chi connectivity index (χ0n) is 17.8. The average Bonchev–Trinajstić information content (AvgIpc) is 2.77. The molecule has 6 nitrogen and oxygen atoms in total. The maximum Gasteiger partial charge on any atom is 0.326 e. The second kappa shape index (κ2) is 9.89. The summed E-state index contributed by atoms with van der Waals surface area (Å²) in [6.07, 6.45) is -0.991. The maximum atomic E-state index is 12.3. The van der Waals surface area contributed by atoms with Gasteiger partial charge in [0, 0.05) is 11.3 Å². The quantitative estimate of drug-likeness (QED) is 0.562. The predicted octanol–water partition coefficient (Wildman–Crippen LogP) is 4.26. The van der Waals surface area contributed by atoms with Crippen LogP contribution in [0.15, 0.2) is 66.7 Å². The molecule has 0 bridgehead atoms. The normalized spacial score (nSPS) is 11.7. The molecule has 3 aromatic carbocycles. The van der Waals surface area contributed by atoms with E-state index in [4.69, 9.17) is 4.74 Å². The molecule has 3 rings (SSSR count). The number of carbonyl (C=O) groups excluding carboxylic acids is 3. The topological polar surface area (TPSA) is 84.5 Å². The zero-order chi connectivity index (χ0) is 22.4. The van der Waals surface area contributed by atoms with E-state index in [2.05, 4.69) is 24.5 Å². The van der Waals surface area contributed by atoms with E-state index in [1.165, 1.54) is 12.5 Å². The van der Waals surface area contributed by atoms with E-state index in [-0.39, 0.29) is 12.5 Å². The van der Waals surface area contributed by atoms with Gasteiger partial charge in [0.25, 0.3) is 11.8 Å². The number of rotatable bonds is 7. The lowest BCUT2D eigenvalue weighted by Gasteiger charge is -2.14. The Morgan fingerprint density at radius 3 is 2.23 bits per heavy atom. The number of hydrogen-bond acceptors (Lipinski definition) is 4. The minimum atomic E-state index is -0.991. The lowest BCUT2D eigenvalue weighted by atomic mass is 10.0. The first-order chi connectivity index (χ1) is 14.8. The van der Waals surface area contributed by atoms with Crippen molar-refractivity contribution in [1.29, 1.82) is 0 Å². The number of benzene rings is 3. The third-order valence-electron chi connectivity index (χ3n) is 4.93. The molecule has 160 valence electrons. The fourth-order valence-corrected chi connectivity index (χ4v) is 3.07. The first-order valence-electron chi connectivity index (χ1n) is 10.2. The lowest BCUT2D eigenvalue weighted by molar-refractivity contribution is -0.152. The molecule has 0 saturated heterocycles. The summed E-state index contributed by atoms with van der Waals surface area (Å²) in [6.45, 7) is 5.34. The number of carbonyl (C=O) groups is 3. The summed E-state index contributed by atoms with van der Waals surface area (Å²) < 4.78 is 5.14. The molecule has 1 atom stereocenters. The highest BCUT2D eigenvalue weighted by molar-refractivity contribution is 6.00. The molecule has 0 spiro atoms. The van der Waals surface area contributed by atoms with Gasteiger partial charge >= 0.3 is 5.97 Å². The number of anilines is 1. The van der Waals surface area contributed by atoms with E-state index >= 15 is 0 Å². The number of fused-ring (bicyclic) bond motifs is 1. The van der Waals surface area contributed by atoms with Crippen molar-refractivity contribution in [3.8, 4) is 0 Å². The number of esters is 1. The summed E-state index contributed by atoms with van der Waals surface area (Å²) in [6, 6.07) is 20.5. The van der Waals surface area contributed by atoms with Gasteiger partial charge in [-0.1, -0.05) is 56.3 Å². The van der Waals surface area contributed by atoms with Gasteiger partial charge in [-0.2, -0.15) is 0 Å². The van der Waals surface area contributed by atoms with Crippen molar-refractivity contribution in [3.63, 3.8) is 0 Å². The van der Waals surface area contributed by atoms with Crippen LogP contribution in [0.2, 0.25) is 0 Å². The van der Waals surface area contributed by atoms with Crippen LogP contribution in [0.25, 0.3) is 10.8 Å². The van der Waals surface area contributed by atoms with Crippen LogP contribution in [0.5, 0.6) is 0 Å². The van der Waals surface area contributed by atoms with Crippen molar-refractivity contribution >= 4 is 34.2 Å². The molecule has 0 aromatic heterocycles. The van der Waals surface area contributed by atoms with E-state index < -0.39 is 18.0 Å². The van der Waals surface area contributed by atoms with E-state index in [9.17, 15) is 14.4 Å². The summed E-state index contributed by atoms with van der Waals surface area (Å²) >= 11 is 0. The van der Waals surface area contributed by atoms with Crippen molar-refractivity contribution < 1.29 is 19.1 Å². The Kier molecular flexibility index (Phi) is 7.03. The molecular weight excluding hydrogens is 392 g/mol. The lowest BCUT2D eigenvalue weighted by Crippen LogP contribution is -2.35. The van der Waals surface area contributed by atoms with Gasteiger partial charge in [-0.05, 0) is 53.4 Å². The molecule has 2 amide bonds. The summed E-state index contributed by atoms with van der Waals surface area (Å²) in [5.74, 6) is -1.11. The Hall–Kier alpha value is -3.67. The van der Waals surface area contributed by atoms with Crippen LogP contribution in [0.3, 0.4) is 0 Å². The van der Waals surface area contributed by atoms with E-state index in [0.29, 0.717) is 17.2 Å². The third-order valence-corrected chi connectivity index (χ3v) is 4.93. The minimum absolute atomic E-state index is 0.327. The van der Waals surface area contributed by atoms with E-state index in [1.54, 1.807) is 12.1 Å². The first-order valence-corrected chi connectivity index (χ1v) is 10.2. The monoisotopic (exact) mass is 418 g/mol. The van der Waals surface area contributed by atoms with Crippen LogP contribution in [0.1, 0.15) is 42.6 Å². The SMILES string of the molecule is CC(C)c1ccc(NC(=O)[C@@H](C)OC(=O)CNC(=O)c2ccc3ccccc3c2)cc1. The molecule has 31 heavy (non-hydrogen) atoms. The summed E-state index contributed by atoms with van der Waals surface area (Å²) in [5, 5.41) is 7.21. The van der Waals surface area contributed by atoms with Gasteiger partial charge in [0.05, 0.1) is 0 Å². The Bertz CT molecular complexity index is 1090. The second-order valence-electron chi connectivity index (χ2n) is 7.64. The molecule has 0 aliphatic rings. The van der Waals surface area contributed by atoms with Gasteiger partial charge in [-0.15, -0.1) is 0 Å². The smallest absolute Gasteiger partial charge is 0.326 e. The third kappa shape index (κ3) is 5.92. The zero-order valence-corrected chi connectivity index (χ0v) is 17.8. The Labute approximate surface area is 181 Å². The number of amides is 2. The van der Waals surface area contributed by atoms with Gasteiger partial charge in [0.1, 0.15) is 6.54 Å². The second-order valence-corrected chi connectivity index (χ2v) is 7.64. The van der Waals surface area contributed by atoms with Crippen LogP contribution in [0.4, 0.5) is 5.69 Å². The molecule has 0 fully saturated rings. The molecule has 2 N–H and O–H groups in total. The van der Waals surface area contributed by atoms with Crippen LogP contribution in [-0.2, 0) is 14.3 Å². The molecule has 3 aromatic rings. The van der Waals surface area contributed by atoms with Crippen LogP contribution in [0, 0.1) is 0 Å². The highest BCUT2D eigenvalue weighted by atomic mass is 16.5. The highest BCUT2D eigenvalue weighted by Gasteiger charge is 2.19. The van der Waals surface area contributed by atoms with E-state index in [1.807, 2.05) is 54.6 Å². The number of hydrogen-bond donors (Lipinski definition) is 2. The maximum absolute atomic E-state index is 12.3. The van der Waals surface area contributed by atoms with Crippen LogP contribution in [-0.4, -0.2) is 30.4 Å². The van der Waals surface area contributed by atoms with Crippen molar-refractivity contribution in [3.05, 3.63) is 77.9 Å². The largest absolute Gasteiger partial charge is 0.451 e. The van der Waals surface area contributed by atoms with Crippen molar-refractivity contribution in [2.75, 3.05) is 11.9 Å². The summed E-state index contributed by atoms with van der Waals surface area (Å²) in [7, 11) is 0. The molecule has 0 saturated carbocycles. The Balaban J connectivity index is 1.48. The van der Waals surface area contributed by atoms with Gasteiger partial charge in [0.15, 0.2) is 6.10 Å². The molecule has 0 unspecified atom stereocenters. The van der Waals surface area contributed by atoms with E-state index in [0.717, 1.165) is 10.8 Å². The van der Waals surface area contributed by atoms with Crippen LogP contribution < -0.4 is 10.6 Å². The molecule has 0 aliphatic carbocycles. The molecule has 6 heteroatoms. The van der Waals surface area contributed by atoms with Gasteiger partial charge < -0.3 is 15.4 Å². The first kappa shape index (κ1) is 22.0.